The monoisotopic (exact) mass is 1060 g/mol. The summed E-state index contributed by atoms with van der Waals surface area (Å²) in [4.78, 5) is 106. The lowest BCUT2D eigenvalue weighted by Crippen LogP contribution is -2.54. The van der Waals surface area contributed by atoms with Crippen LogP contribution in [-0.2, 0) is 86.1 Å². The molecule has 1 rings (SSSR count). The van der Waals surface area contributed by atoms with E-state index in [1.807, 2.05) is 0 Å². The molecule has 0 saturated heterocycles. The van der Waals surface area contributed by atoms with E-state index in [0.29, 0.717) is 78.1 Å². The molecule has 0 aliphatic carbocycles. The predicted molar refractivity (Wildman–Crippen MR) is 256 cm³/mol. The Hall–Kier alpha value is -5.93. The first kappa shape index (κ1) is 65.1. The Morgan fingerprint density at radius 2 is 1.04 bits per heavy atom. The summed E-state index contributed by atoms with van der Waals surface area (Å²) in [6.07, 6.45) is 3.58. The number of unbranched alkanes of at least 4 members (excludes halogenated alkanes) is 1. The number of carbonyl (C=O) groups is 8. The number of ether oxygens (including phenoxy) is 8. The molecule has 0 unspecified atom stereocenters. The number of sulfone groups is 1. The number of amides is 6. The minimum Gasteiger partial charge on any atom is -0.481 e. The normalized spacial score (nSPS) is 12.7. The van der Waals surface area contributed by atoms with Crippen LogP contribution in [-0.4, -0.2) is 207 Å². The minimum atomic E-state index is -3.57. The SMILES string of the molecule is CC(=O)OCNC(=O)[C@H](C)NC(=O)[C@@H](C)NC(=O)[C@H](C)NC(=O)CC[C@H](NC(=O)CCCC#Cc1cnc(S(C)(=O)=O)nc1)C(=O)NCCOCCOCCOCCOCCOCCOCCOCCC(=O)O. The first-order valence-corrected chi connectivity index (χ1v) is 25.3. The van der Waals surface area contributed by atoms with Crippen molar-refractivity contribution in [3.05, 3.63) is 18.0 Å². The lowest BCUT2D eigenvalue weighted by Gasteiger charge is -2.21. The van der Waals surface area contributed by atoms with E-state index in [1.165, 1.54) is 33.2 Å². The number of rotatable bonds is 41. The molecule has 4 atom stereocenters. The van der Waals surface area contributed by atoms with Crippen LogP contribution in [0.5, 0.6) is 0 Å². The van der Waals surface area contributed by atoms with Gasteiger partial charge in [0, 0.05) is 51.4 Å². The minimum absolute atomic E-state index is 0.0245. The van der Waals surface area contributed by atoms with Gasteiger partial charge in [-0.05, 0) is 33.6 Å². The van der Waals surface area contributed by atoms with Gasteiger partial charge < -0.3 is 74.9 Å². The second kappa shape index (κ2) is 39.6. The first-order valence-electron chi connectivity index (χ1n) is 23.4. The molecule has 0 bridgehead atoms. The highest BCUT2D eigenvalue weighted by Crippen LogP contribution is 2.04. The molecule has 28 heteroatoms. The number of hydrogen-bond donors (Lipinski definition) is 7. The van der Waals surface area contributed by atoms with Crippen molar-refractivity contribution >= 4 is 57.2 Å². The number of hydrogen-bond acceptors (Lipinski definition) is 20. The van der Waals surface area contributed by atoms with Crippen molar-refractivity contribution in [3.8, 4) is 11.8 Å². The third kappa shape index (κ3) is 35.0. The molecule has 27 nitrogen and oxygen atoms in total. The number of aromatic nitrogens is 2. The van der Waals surface area contributed by atoms with Crippen molar-refractivity contribution in [1.82, 2.24) is 41.9 Å². The third-order valence-corrected chi connectivity index (χ3v) is 10.1. The van der Waals surface area contributed by atoms with E-state index in [0.717, 1.165) is 13.2 Å². The fraction of sp³-hybridized carbons (Fsp3) is 0.689. The Kier molecular flexibility index (Phi) is 35.3. The van der Waals surface area contributed by atoms with E-state index in [4.69, 9.17) is 38.3 Å². The quantitative estimate of drug-likeness (QED) is 0.0117. The van der Waals surface area contributed by atoms with Crippen LogP contribution in [0.15, 0.2) is 17.6 Å². The van der Waals surface area contributed by atoms with Crippen LogP contribution in [0.4, 0.5) is 0 Å². The summed E-state index contributed by atoms with van der Waals surface area (Å²) in [5.74, 6) is 0.346. The third-order valence-electron chi connectivity index (χ3n) is 9.24. The lowest BCUT2D eigenvalue weighted by atomic mass is 10.1. The fourth-order valence-electron chi connectivity index (χ4n) is 5.38. The Balaban J connectivity index is 2.48. The number of nitrogens with zero attached hydrogens (tertiary/aromatic N) is 2. The van der Waals surface area contributed by atoms with Gasteiger partial charge in [0.1, 0.15) is 24.2 Å². The molecule has 6 amide bonds. The van der Waals surface area contributed by atoms with Gasteiger partial charge in [0.05, 0.1) is 104 Å². The number of aliphatic carboxylic acids is 1. The van der Waals surface area contributed by atoms with Crippen LogP contribution < -0.4 is 31.9 Å². The number of carboxylic acids is 1. The molecular weight excluding hydrogens is 989 g/mol. The molecule has 1 aromatic heterocycles. The molecule has 0 saturated carbocycles. The second-order valence-corrected chi connectivity index (χ2v) is 17.5. The van der Waals surface area contributed by atoms with E-state index in [2.05, 4.69) is 58.4 Å². The zero-order valence-electron chi connectivity index (χ0n) is 42.1. The van der Waals surface area contributed by atoms with Gasteiger partial charge in [-0.1, -0.05) is 11.8 Å². The summed E-state index contributed by atoms with van der Waals surface area (Å²) in [6, 6.07) is -4.42. The van der Waals surface area contributed by atoms with E-state index in [-0.39, 0.29) is 77.0 Å². The molecule has 1 heterocycles. The van der Waals surface area contributed by atoms with Gasteiger partial charge in [-0.25, -0.2) is 18.4 Å². The smallest absolute Gasteiger partial charge is 0.305 e. The Labute approximate surface area is 425 Å². The van der Waals surface area contributed by atoms with Gasteiger partial charge >= 0.3 is 11.9 Å². The molecule has 1 aromatic rings. The maximum atomic E-state index is 13.2. The van der Waals surface area contributed by atoms with Crippen LogP contribution in [0, 0.1) is 11.8 Å². The lowest BCUT2D eigenvalue weighted by molar-refractivity contribution is -0.143. The predicted octanol–water partition coefficient (Wildman–Crippen LogP) is -2.48. The van der Waals surface area contributed by atoms with Gasteiger partial charge in [0.2, 0.25) is 50.4 Å². The zero-order valence-corrected chi connectivity index (χ0v) is 42.9. The Bertz CT molecular complexity index is 2020. The Morgan fingerprint density at radius 1 is 0.589 bits per heavy atom. The number of carbonyl (C=O) groups excluding carboxylic acids is 7. The number of nitrogens with one attached hydrogen (secondary N) is 6. The van der Waals surface area contributed by atoms with Crippen molar-refractivity contribution in [3.63, 3.8) is 0 Å². The van der Waals surface area contributed by atoms with Gasteiger partial charge in [0.25, 0.3) is 0 Å². The van der Waals surface area contributed by atoms with Crippen molar-refractivity contribution in [1.29, 1.82) is 0 Å². The fourth-order valence-corrected chi connectivity index (χ4v) is 5.87. The molecule has 73 heavy (non-hydrogen) atoms. The van der Waals surface area contributed by atoms with Crippen molar-refractivity contribution in [2.45, 2.75) is 95.5 Å². The summed E-state index contributed by atoms with van der Waals surface area (Å²) >= 11 is 0. The van der Waals surface area contributed by atoms with Gasteiger partial charge in [-0.3, -0.25) is 38.4 Å². The second-order valence-electron chi connectivity index (χ2n) is 15.6. The van der Waals surface area contributed by atoms with Gasteiger partial charge in [-0.2, -0.15) is 0 Å². The maximum absolute atomic E-state index is 13.2. The first-order chi connectivity index (χ1) is 34.8. The topological polar surface area (TPSA) is 363 Å². The summed E-state index contributed by atoms with van der Waals surface area (Å²) in [5.41, 5.74) is 0.377. The molecular formula is C45H72N8O19S. The summed E-state index contributed by atoms with van der Waals surface area (Å²) in [7, 11) is -3.57. The van der Waals surface area contributed by atoms with E-state index >= 15 is 0 Å². The Morgan fingerprint density at radius 3 is 1.52 bits per heavy atom. The average Bonchev–Trinajstić information content (AvgIpc) is 3.33. The molecule has 0 aliphatic heterocycles. The van der Waals surface area contributed by atoms with Crippen molar-refractivity contribution in [2.24, 2.45) is 0 Å². The van der Waals surface area contributed by atoms with Crippen LogP contribution in [0.1, 0.15) is 71.8 Å². The van der Waals surface area contributed by atoms with Crippen LogP contribution in [0.25, 0.3) is 0 Å². The van der Waals surface area contributed by atoms with Crippen molar-refractivity contribution in [2.75, 3.05) is 112 Å². The van der Waals surface area contributed by atoms with Crippen LogP contribution in [0.3, 0.4) is 0 Å². The highest BCUT2D eigenvalue weighted by Gasteiger charge is 2.26. The van der Waals surface area contributed by atoms with Gasteiger partial charge in [0.15, 0.2) is 6.73 Å². The highest BCUT2D eigenvalue weighted by molar-refractivity contribution is 7.90. The van der Waals surface area contributed by atoms with Crippen LogP contribution >= 0.6 is 0 Å². The average molecular weight is 1060 g/mol. The molecule has 0 fully saturated rings. The summed E-state index contributed by atoms with van der Waals surface area (Å²) in [6.45, 7) is 9.28. The number of carboxylic acid groups (broad SMARTS) is 1. The molecule has 7 N–H and O–H groups in total. The van der Waals surface area contributed by atoms with Crippen molar-refractivity contribution < 1.29 is 89.8 Å². The maximum Gasteiger partial charge on any atom is 0.305 e. The van der Waals surface area contributed by atoms with E-state index < -0.39 is 81.4 Å². The molecule has 0 spiro atoms. The highest BCUT2D eigenvalue weighted by atomic mass is 32.2. The standard InChI is InChI=1S/C45H72N8O19S/c1-32(41(59)49-31-72-35(4)54)51-43(61)34(3)52-42(60)33(2)50-39(56)12-11-37(53-38(55)10-8-6-7-9-36-29-47-45(48-30-36)73(5,63)64)44(62)46-14-16-66-18-20-68-22-24-70-26-28-71-27-25-69-23-21-67-19-17-65-15-13-40(57)58/h29-30,32-34,37H,6,8,10-28,31H2,1-5H3,(H,46,62)(H,49,59)(H,50,56)(H,51,61)(H,52,60)(H,53,55)(H,57,58)/t32-,33-,34+,37-/m0/s1. The van der Waals surface area contributed by atoms with Gasteiger partial charge in [-0.15, -0.1) is 0 Å². The molecule has 0 aromatic carbocycles. The van der Waals surface area contributed by atoms with Crippen LogP contribution in [0.2, 0.25) is 0 Å². The molecule has 0 radical (unpaired) electrons. The molecule has 412 valence electrons. The summed E-state index contributed by atoms with van der Waals surface area (Å²) in [5, 5.41) is 23.2. The summed E-state index contributed by atoms with van der Waals surface area (Å²) < 4.78 is 65.6. The van der Waals surface area contributed by atoms with E-state index in [1.54, 1.807) is 0 Å². The largest absolute Gasteiger partial charge is 0.481 e. The number of esters is 1. The van der Waals surface area contributed by atoms with E-state index in [9.17, 15) is 46.8 Å². The molecule has 0 aliphatic rings. The zero-order chi connectivity index (χ0) is 54.3.